The highest BCUT2D eigenvalue weighted by Crippen LogP contribution is 2.31. The molecule has 134 valence electrons. The molecule has 1 fully saturated rings. The van der Waals surface area contributed by atoms with Crippen LogP contribution in [-0.4, -0.2) is 54.0 Å². The van der Waals surface area contributed by atoms with Crippen molar-refractivity contribution in [1.82, 2.24) is 9.80 Å². The van der Waals surface area contributed by atoms with E-state index in [1.54, 1.807) is 0 Å². The number of amides is 3. The number of likely N-dealkylation sites (tertiary alicyclic amines) is 1. The van der Waals surface area contributed by atoms with Crippen molar-refractivity contribution >= 4 is 17.5 Å². The fourth-order valence-electron chi connectivity index (χ4n) is 3.63. The molecule has 3 amide bonds. The first-order chi connectivity index (χ1) is 12.1. The standard InChI is InChI=1S/C19H25N3O3/c1-2-25-17-8-4-3-6-15(17)14-9-12-21(13-10-14)18(23)16-7-5-11-22(16)19(20)24/h3-4,6,8-9,16H,2,5,7,10-13H2,1H3,(H2,20,24)/t16-/m0/s1. The quantitative estimate of drug-likeness (QED) is 0.911. The Morgan fingerprint density at radius 2 is 2.08 bits per heavy atom. The fraction of sp³-hybridized carbons (Fsp3) is 0.474. The van der Waals surface area contributed by atoms with Crippen molar-refractivity contribution < 1.29 is 14.3 Å². The molecule has 0 radical (unpaired) electrons. The lowest BCUT2D eigenvalue weighted by atomic mass is 9.98. The Hall–Kier alpha value is -2.50. The van der Waals surface area contributed by atoms with Crippen LogP contribution < -0.4 is 10.5 Å². The van der Waals surface area contributed by atoms with Crippen molar-refractivity contribution in [1.29, 1.82) is 0 Å². The molecule has 2 aliphatic heterocycles. The van der Waals surface area contributed by atoms with Gasteiger partial charge in [-0.1, -0.05) is 24.3 Å². The minimum Gasteiger partial charge on any atom is -0.493 e. The Morgan fingerprint density at radius 3 is 2.76 bits per heavy atom. The van der Waals surface area contributed by atoms with Crippen molar-refractivity contribution in [3.8, 4) is 5.75 Å². The van der Waals surface area contributed by atoms with Gasteiger partial charge in [-0.05, 0) is 37.8 Å². The normalized spacial score (nSPS) is 20.4. The third kappa shape index (κ3) is 3.62. The van der Waals surface area contributed by atoms with E-state index in [1.807, 2.05) is 30.0 Å². The van der Waals surface area contributed by atoms with Gasteiger partial charge in [0.2, 0.25) is 5.91 Å². The maximum atomic E-state index is 12.8. The Bertz CT molecular complexity index is 686. The molecule has 0 unspecified atom stereocenters. The number of hydrogen-bond donors (Lipinski definition) is 1. The molecule has 1 aromatic carbocycles. The van der Waals surface area contributed by atoms with Gasteiger partial charge in [-0.25, -0.2) is 4.79 Å². The van der Waals surface area contributed by atoms with Crippen LogP contribution in [0.1, 0.15) is 31.7 Å². The molecular formula is C19H25N3O3. The van der Waals surface area contributed by atoms with Crippen molar-refractivity contribution in [2.24, 2.45) is 5.73 Å². The maximum Gasteiger partial charge on any atom is 0.315 e. The lowest BCUT2D eigenvalue weighted by Crippen LogP contribution is -2.50. The number of ether oxygens (including phenoxy) is 1. The van der Waals surface area contributed by atoms with Gasteiger partial charge in [0.25, 0.3) is 0 Å². The fourth-order valence-corrected chi connectivity index (χ4v) is 3.63. The molecular weight excluding hydrogens is 318 g/mol. The first-order valence-electron chi connectivity index (χ1n) is 8.88. The molecule has 1 saturated heterocycles. The second kappa shape index (κ2) is 7.59. The number of nitrogens with two attached hydrogens (primary N) is 1. The number of nitrogens with zero attached hydrogens (tertiary/aromatic N) is 2. The van der Waals surface area contributed by atoms with Gasteiger partial charge in [0, 0.05) is 25.2 Å². The van der Waals surface area contributed by atoms with Crippen LogP contribution in [-0.2, 0) is 4.79 Å². The summed E-state index contributed by atoms with van der Waals surface area (Å²) in [6, 6.07) is 7.09. The van der Waals surface area contributed by atoms with E-state index in [4.69, 9.17) is 10.5 Å². The number of rotatable bonds is 4. The maximum absolute atomic E-state index is 12.8. The third-order valence-corrected chi connectivity index (χ3v) is 4.87. The van der Waals surface area contributed by atoms with Crippen LogP contribution in [0.5, 0.6) is 5.75 Å². The van der Waals surface area contributed by atoms with Crippen LogP contribution in [0.25, 0.3) is 5.57 Å². The first kappa shape index (κ1) is 17.3. The minimum atomic E-state index is -0.505. The van der Waals surface area contributed by atoms with E-state index in [-0.39, 0.29) is 5.91 Å². The third-order valence-electron chi connectivity index (χ3n) is 4.87. The van der Waals surface area contributed by atoms with Crippen LogP contribution in [0.3, 0.4) is 0 Å². The van der Waals surface area contributed by atoms with Gasteiger partial charge >= 0.3 is 6.03 Å². The van der Waals surface area contributed by atoms with Crippen LogP contribution in [0.2, 0.25) is 0 Å². The van der Waals surface area contributed by atoms with E-state index in [1.165, 1.54) is 10.5 Å². The van der Waals surface area contributed by atoms with E-state index >= 15 is 0 Å². The molecule has 0 spiro atoms. The minimum absolute atomic E-state index is 0.00435. The lowest BCUT2D eigenvalue weighted by molar-refractivity contribution is -0.134. The average molecular weight is 343 g/mol. The number of urea groups is 1. The van der Waals surface area contributed by atoms with Crippen LogP contribution in [0.4, 0.5) is 4.79 Å². The molecule has 6 heteroatoms. The van der Waals surface area contributed by atoms with Gasteiger partial charge in [-0.3, -0.25) is 4.79 Å². The van der Waals surface area contributed by atoms with Crippen molar-refractivity contribution in [3.63, 3.8) is 0 Å². The second-order valence-electron chi connectivity index (χ2n) is 6.38. The van der Waals surface area contributed by atoms with Gasteiger partial charge in [0.15, 0.2) is 0 Å². The Morgan fingerprint density at radius 1 is 1.28 bits per heavy atom. The summed E-state index contributed by atoms with van der Waals surface area (Å²) in [5.74, 6) is 0.886. The monoisotopic (exact) mass is 343 g/mol. The zero-order valence-electron chi connectivity index (χ0n) is 14.6. The highest BCUT2D eigenvalue weighted by atomic mass is 16.5. The SMILES string of the molecule is CCOc1ccccc1C1=CCN(C(=O)[C@@H]2CCCN2C(N)=O)CC1. The lowest BCUT2D eigenvalue weighted by Gasteiger charge is -2.32. The molecule has 0 saturated carbocycles. The summed E-state index contributed by atoms with van der Waals surface area (Å²) in [6.45, 7) is 4.37. The molecule has 2 heterocycles. The van der Waals surface area contributed by atoms with E-state index in [2.05, 4.69) is 12.1 Å². The Balaban J connectivity index is 1.70. The Labute approximate surface area is 148 Å². The van der Waals surface area contributed by atoms with E-state index in [0.29, 0.717) is 32.7 Å². The number of primary amides is 1. The molecule has 0 aromatic heterocycles. The summed E-state index contributed by atoms with van der Waals surface area (Å²) in [6.07, 6.45) is 4.39. The highest BCUT2D eigenvalue weighted by Gasteiger charge is 2.36. The molecule has 0 bridgehead atoms. The average Bonchev–Trinajstić information content (AvgIpc) is 3.12. The predicted octanol–water partition coefficient (Wildman–Crippen LogP) is 2.24. The van der Waals surface area contributed by atoms with Gasteiger partial charge < -0.3 is 20.3 Å². The number of carbonyl (C=O) groups is 2. The van der Waals surface area contributed by atoms with E-state index in [0.717, 1.165) is 24.2 Å². The first-order valence-corrected chi connectivity index (χ1v) is 8.88. The summed E-state index contributed by atoms with van der Waals surface area (Å²) >= 11 is 0. The van der Waals surface area contributed by atoms with Crippen molar-refractivity contribution in [2.45, 2.75) is 32.2 Å². The summed E-state index contributed by atoms with van der Waals surface area (Å²) in [5.41, 5.74) is 7.68. The molecule has 2 aliphatic rings. The summed E-state index contributed by atoms with van der Waals surface area (Å²) in [5, 5.41) is 0. The molecule has 3 rings (SSSR count). The van der Waals surface area contributed by atoms with Gasteiger partial charge in [-0.2, -0.15) is 0 Å². The number of benzene rings is 1. The molecule has 25 heavy (non-hydrogen) atoms. The number of carbonyl (C=O) groups excluding carboxylic acids is 2. The zero-order valence-corrected chi connectivity index (χ0v) is 14.6. The van der Waals surface area contributed by atoms with Gasteiger partial charge in [0.1, 0.15) is 11.8 Å². The smallest absolute Gasteiger partial charge is 0.315 e. The van der Waals surface area contributed by atoms with Gasteiger partial charge in [0.05, 0.1) is 6.61 Å². The highest BCUT2D eigenvalue weighted by molar-refractivity contribution is 5.88. The van der Waals surface area contributed by atoms with Crippen LogP contribution in [0, 0.1) is 0 Å². The van der Waals surface area contributed by atoms with Crippen LogP contribution in [0.15, 0.2) is 30.3 Å². The van der Waals surface area contributed by atoms with Crippen molar-refractivity contribution in [3.05, 3.63) is 35.9 Å². The van der Waals surface area contributed by atoms with Crippen LogP contribution >= 0.6 is 0 Å². The number of hydrogen-bond acceptors (Lipinski definition) is 3. The summed E-state index contributed by atoms with van der Waals surface area (Å²) in [4.78, 5) is 27.5. The molecule has 1 aromatic rings. The van der Waals surface area contributed by atoms with E-state index < -0.39 is 12.1 Å². The molecule has 1 atom stereocenters. The molecule has 0 aliphatic carbocycles. The summed E-state index contributed by atoms with van der Waals surface area (Å²) in [7, 11) is 0. The zero-order chi connectivity index (χ0) is 17.8. The predicted molar refractivity (Wildman–Crippen MR) is 96.1 cm³/mol. The topological polar surface area (TPSA) is 75.9 Å². The second-order valence-corrected chi connectivity index (χ2v) is 6.38. The largest absolute Gasteiger partial charge is 0.493 e. The Kier molecular flexibility index (Phi) is 5.26. The van der Waals surface area contributed by atoms with E-state index in [9.17, 15) is 9.59 Å². The molecule has 6 nitrogen and oxygen atoms in total. The van der Waals surface area contributed by atoms with Gasteiger partial charge in [-0.15, -0.1) is 0 Å². The summed E-state index contributed by atoms with van der Waals surface area (Å²) < 4.78 is 5.71. The van der Waals surface area contributed by atoms with Crippen molar-refractivity contribution in [2.75, 3.05) is 26.2 Å². The number of para-hydroxylation sites is 1. The molecule has 2 N–H and O–H groups in total.